The number of ketones is 1. The molecule has 1 heterocycles. The first-order valence-electron chi connectivity index (χ1n) is 8.93. The Morgan fingerprint density at radius 1 is 1.18 bits per heavy atom. The van der Waals surface area contributed by atoms with Crippen molar-refractivity contribution in [1.29, 1.82) is 0 Å². The number of halogens is 2. The molecule has 0 saturated heterocycles. The minimum Gasteiger partial charge on any atom is -0.293 e. The van der Waals surface area contributed by atoms with Gasteiger partial charge in [0.15, 0.2) is 10.9 Å². The molecule has 1 aromatic heterocycles. The Balaban J connectivity index is 2.00. The maximum Gasteiger partial charge on any atom is 0.262 e. The van der Waals surface area contributed by atoms with Gasteiger partial charge in [-0.2, -0.15) is 0 Å². The van der Waals surface area contributed by atoms with Crippen LogP contribution in [0.5, 0.6) is 0 Å². The van der Waals surface area contributed by atoms with Gasteiger partial charge in [-0.15, -0.1) is 0 Å². The molecule has 0 spiro atoms. The smallest absolute Gasteiger partial charge is 0.262 e. The molecule has 0 fully saturated rings. The van der Waals surface area contributed by atoms with Crippen molar-refractivity contribution in [1.82, 2.24) is 9.55 Å². The second kappa shape index (κ2) is 8.45. The Kier molecular flexibility index (Phi) is 6.20. The summed E-state index contributed by atoms with van der Waals surface area (Å²) in [6.45, 7) is 6.26. The lowest BCUT2D eigenvalue weighted by atomic mass is 10.1. The topological polar surface area (TPSA) is 52.0 Å². The normalized spacial score (nSPS) is 12.5. The van der Waals surface area contributed by atoms with E-state index in [9.17, 15) is 14.0 Å². The molecule has 0 bridgehead atoms. The minimum absolute atomic E-state index is 0.147. The van der Waals surface area contributed by atoms with Crippen LogP contribution >= 0.6 is 23.4 Å². The van der Waals surface area contributed by atoms with Gasteiger partial charge in [0, 0.05) is 17.1 Å². The lowest BCUT2D eigenvalue weighted by Gasteiger charge is -2.17. The van der Waals surface area contributed by atoms with Crippen LogP contribution in [0.4, 0.5) is 4.39 Å². The van der Waals surface area contributed by atoms with Crippen molar-refractivity contribution in [2.45, 2.75) is 37.7 Å². The van der Waals surface area contributed by atoms with Gasteiger partial charge in [0.25, 0.3) is 5.56 Å². The number of hydrogen-bond acceptors (Lipinski definition) is 4. The zero-order valence-electron chi connectivity index (χ0n) is 15.8. The van der Waals surface area contributed by atoms with Crippen LogP contribution in [-0.2, 0) is 6.54 Å². The molecular formula is C21H20ClFN2O2S. The van der Waals surface area contributed by atoms with Crippen LogP contribution in [0, 0.1) is 11.7 Å². The van der Waals surface area contributed by atoms with Crippen molar-refractivity contribution >= 4 is 40.0 Å². The summed E-state index contributed by atoms with van der Waals surface area (Å²) in [5.41, 5.74) is 0.787. The Morgan fingerprint density at radius 3 is 2.50 bits per heavy atom. The van der Waals surface area contributed by atoms with E-state index in [2.05, 4.69) is 4.98 Å². The van der Waals surface area contributed by atoms with Gasteiger partial charge >= 0.3 is 0 Å². The number of rotatable bonds is 6. The first-order valence-corrected chi connectivity index (χ1v) is 10.2. The van der Waals surface area contributed by atoms with Gasteiger partial charge in [-0.1, -0.05) is 37.2 Å². The molecule has 28 heavy (non-hydrogen) atoms. The highest BCUT2D eigenvalue weighted by atomic mass is 35.5. The Bertz CT molecular complexity index is 1080. The molecule has 0 aliphatic carbocycles. The average Bonchev–Trinajstić information content (AvgIpc) is 2.65. The molecule has 0 saturated carbocycles. The molecule has 146 valence electrons. The largest absolute Gasteiger partial charge is 0.293 e. The van der Waals surface area contributed by atoms with Crippen molar-refractivity contribution in [2.24, 2.45) is 5.92 Å². The molecule has 0 amide bonds. The molecule has 1 atom stereocenters. The van der Waals surface area contributed by atoms with Crippen LogP contribution in [-0.4, -0.2) is 20.6 Å². The van der Waals surface area contributed by atoms with Gasteiger partial charge in [-0.05, 0) is 55.3 Å². The summed E-state index contributed by atoms with van der Waals surface area (Å²) in [7, 11) is 0. The Labute approximate surface area is 171 Å². The summed E-state index contributed by atoms with van der Waals surface area (Å²) in [5, 5.41) is 0.926. The molecule has 3 rings (SSSR count). The van der Waals surface area contributed by atoms with E-state index in [-0.39, 0.29) is 17.3 Å². The molecule has 0 N–H and O–H groups in total. The first-order chi connectivity index (χ1) is 13.3. The molecule has 7 heteroatoms. The maximum atomic E-state index is 13.1. The van der Waals surface area contributed by atoms with E-state index in [1.54, 1.807) is 29.7 Å². The Morgan fingerprint density at radius 2 is 1.86 bits per heavy atom. The zero-order chi connectivity index (χ0) is 20.4. The summed E-state index contributed by atoms with van der Waals surface area (Å²) in [5.74, 6) is -0.317. The van der Waals surface area contributed by atoms with Crippen molar-refractivity contribution in [3.63, 3.8) is 0 Å². The number of aromatic nitrogens is 2. The molecular weight excluding hydrogens is 399 g/mol. The SMILES string of the molecule is CC(C)Cn1c(SC(C)C(=O)c2ccc(F)cc2)nc2ccc(Cl)cc2c1=O. The highest BCUT2D eigenvalue weighted by Gasteiger charge is 2.21. The fraction of sp³-hybridized carbons (Fsp3) is 0.286. The van der Waals surface area contributed by atoms with Gasteiger partial charge in [0.05, 0.1) is 16.2 Å². The number of carbonyl (C=O) groups is 1. The fourth-order valence-electron chi connectivity index (χ4n) is 2.85. The van der Waals surface area contributed by atoms with Crippen molar-refractivity contribution < 1.29 is 9.18 Å². The molecule has 0 aliphatic rings. The lowest BCUT2D eigenvalue weighted by Crippen LogP contribution is -2.27. The highest BCUT2D eigenvalue weighted by Crippen LogP contribution is 2.26. The second-order valence-corrected chi connectivity index (χ2v) is 8.74. The lowest BCUT2D eigenvalue weighted by molar-refractivity contribution is 0.0993. The van der Waals surface area contributed by atoms with E-state index in [4.69, 9.17) is 11.6 Å². The standard InChI is InChI=1S/C21H20ClFN2O2S/c1-12(2)11-25-20(27)17-10-15(22)6-9-18(17)24-21(25)28-13(3)19(26)14-4-7-16(23)8-5-14/h4-10,12-13H,11H2,1-3H3. The molecule has 1 unspecified atom stereocenters. The number of carbonyl (C=O) groups excluding carboxylic acids is 1. The monoisotopic (exact) mass is 418 g/mol. The maximum absolute atomic E-state index is 13.1. The molecule has 0 radical (unpaired) electrons. The van der Waals surface area contributed by atoms with Crippen LogP contribution < -0.4 is 5.56 Å². The number of thioether (sulfide) groups is 1. The summed E-state index contributed by atoms with van der Waals surface area (Å²) < 4.78 is 14.7. The van der Waals surface area contributed by atoms with Crippen molar-refractivity contribution in [2.75, 3.05) is 0 Å². The van der Waals surface area contributed by atoms with Crippen LogP contribution in [0.1, 0.15) is 31.1 Å². The zero-order valence-corrected chi connectivity index (χ0v) is 17.4. The van der Waals surface area contributed by atoms with E-state index in [1.807, 2.05) is 13.8 Å². The number of benzene rings is 2. The van der Waals surface area contributed by atoms with E-state index in [0.29, 0.717) is 33.2 Å². The summed E-state index contributed by atoms with van der Waals surface area (Å²) in [6.07, 6.45) is 0. The predicted octanol–water partition coefficient (Wildman–Crippen LogP) is 5.21. The molecule has 4 nitrogen and oxygen atoms in total. The van der Waals surface area contributed by atoms with E-state index in [1.165, 1.54) is 36.0 Å². The second-order valence-electron chi connectivity index (χ2n) is 7.00. The van der Waals surface area contributed by atoms with E-state index in [0.717, 1.165) is 0 Å². The predicted molar refractivity (Wildman–Crippen MR) is 112 cm³/mol. The third-order valence-electron chi connectivity index (χ3n) is 4.21. The molecule has 0 aliphatic heterocycles. The van der Waals surface area contributed by atoms with Crippen molar-refractivity contribution in [3.05, 3.63) is 69.2 Å². The van der Waals surface area contributed by atoms with Gasteiger partial charge < -0.3 is 0 Å². The quantitative estimate of drug-likeness (QED) is 0.313. The fourth-order valence-corrected chi connectivity index (χ4v) is 4.02. The number of hydrogen-bond donors (Lipinski definition) is 0. The van der Waals surface area contributed by atoms with Gasteiger partial charge in [-0.3, -0.25) is 14.2 Å². The van der Waals surface area contributed by atoms with E-state index >= 15 is 0 Å². The summed E-state index contributed by atoms with van der Waals surface area (Å²) in [4.78, 5) is 30.3. The highest BCUT2D eigenvalue weighted by molar-refractivity contribution is 8.00. The van der Waals surface area contributed by atoms with Crippen LogP contribution in [0.2, 0.25) is 5.02 Å². The van der Waals surface area contributed by atoms with Gasteiger partial charge in [0.2, 0.25) is 0 Å². The van der Waals surface area contributed by atoms with Gasteiger partial charge in [0.1, 0.15) is 5.82 Å². The third-order valence-corrected chi connectivity index (χ3v) is 5.53. The third kappa shape index (κ3) is 4.45. The molecule has 2 aromatic carbocycles. The summed E-state index contributed by atoms with van der Waals surface area (Å²) >= 11 is 7.27. The number of fused-ring (bicyclic) bond motifs is 1. The average molecular weight is 419 g/mol. The number of Topliss-reactive ketones (excluding diaryl/α,β-unsaturated/α-hetero) is 1. The first kappa shape index (κ1) is 20.6. The van der Waals surface area contributed by atoms with Crippen molar-refractivity contribution in [3.8, 4) is 0 Å². The van der Waals surface area contributed by atoms with E-state index < -0.39 is 11.1 Å². The molecule has 3 aromatic rings. The number of nitrogens with zero attached hydrogens (tertiary/aromatic N) is 2. The van der Waals surface area contributed by atoms with Crippen LogP contribution in [0.15, 0.2) is 52.4 Å². The van der Waals surface area contributed by atoms with Crippen LogP contribution in [0.3, 0.4) is 0 Å². The Hall–Kier alpha value is -2.18. The van der Waals surface area contributed by atoms with Crippen LogP contribution in [0.25, 0.3) is 10.9 Å². The minimum atomic E-state index is -0.486. The summed E-state index contributed by atoms with van der Waals surface area (Å²) in [6, 6.07) is 10.5. The van der Waals surface area contributed by atoms with Gasteiger partial charge in [-0.25, -0.2) is 9.37 Å².